The Kier molecular flexibility index (Phi) is 3.98. The molecular weight excluding hydrogens is 272 g/mol. The molecule has 0 amide bonds. The lowest BCUT2D eigenvalue weighted by Crippen LogP contribution is -2.10. The molecule has 0 aromatic carbocycles. The Labute approximate surface area is 109 Å². The van der Waals surface area contributed by atoms with Gasteiger partial charge in [-0.05, 0) is 12.2 Å². The molecule has 0 aliphatic carbocycles. The molecule has 2 rings (SSSR count). The number of carbonyl (C=O) groups is 2. The first kappa shape index (κ1) is 13.0. The van der Waals surface area contributed by atoms with Gasteiger partial charge in [-0.25, -0.2) is 8.42 Å². The molecule has 0 aromatic rings. The average molecular weight is 282 g/mol. The fourth-order valence-electron chi connectivity index (χ4n) is 1.56. The number of hydrogen-bond donors (Lipinski definition) is 0. The molecule has 0 aromatic heterocycles. The minimum atomic E-state index is -1.38. The lowest BCUT2D eigenvalue weighted by atomic mass is 10.1. The van der Waals surface area contributed by atoms with E-state index in [4.69, 9.17) is 0 Å². The van der Waals surface area contributed by atoms with Gasteiger partial charge < -0.3 is 0 Å². The fourth-order valence-corrected chi connectivity index (χ4v) is 3.37. The van der Waals surface area contributed by atoms with Gasteiger partial charge >= 0.3 is 0 Å². The maximum atomic E-state index is 11.7. The third-order valence-corrected chi connectivity index (χ3v) is 4.86. The van der Waals surface area contributed by atoms with Crippen molar-refractivity contribution in [2.24, 2.45) is 0 Å². The lowest BCUT2D eigenvalue weighted by molar-refractivity contribution is -0.119. The summed E-state index contributed by atoms with van der Waals surface area (Å²) >= 11 is 0. The second-order valence-electron chi connectivity index (χ2n) is 3.66. The topological polar surface area (TPSA) is 68.3 Å². The van der Waals surface area contributed by atoms with Crippen LogP contribution in [-0.2, 0) is 31.2 Å². The predicted molar refractivity (Wildman–Crippen MR) is 70.0 cm³/mol. The Hall–Kier alpha value is -1.40. The van der Waals surface area contributed by atoms with Crippen LogP contribution in [0, 0.1) is 0 Å². The first-order valence-electron chi connectivity index (χ1n) is 5.24. The Bertz CT molecular complexity index is 527. The van der Waals surface area contributed by atoms with Crippen LogP contribution in [0.25, 0.3) is 0 Å². The largest absolute Gasteiger partial charge is 0.293 e. The highest BCUT2D eigenvalue weighted by Gasteiger charge is 2.21. The second-order valence-corrected chi connectivity index (χ2v) is 6.27. The summed E-state index contributed by atoms with van der Waals surface area (Å²) in [6.07, 6.45) is 6.10. The average Bonchev–Trinajstić information content (AvgIpc) is 2.94. The van der Waals surface area contributed by atoms with Gasteiger partial charge in [-0.3, -0.25) is 9.59 Å². The van der Waals surface area contributed by atoms with E-state index in [-0.39, 0.29) is 34.2 Å². The molecule has 0 saturated carbocycles. The van der Waals surface area contributed by atoms with E-state index in [0.717, 1.165) is 0 Å². The Morgan fingerprint density at radius 3 is 1.50 bits per heavy atom. The van der Waals surface area contributed by atoms with E-state index in [1.807, 2.05) is 0 Å². The zero-order valence-corrected chi connectivity index (χ0v) is 11.0. The monoisotopic (exact) mass is 282 g/mol. The van der Waals surface area contributed by atoms with E-state index in [1.165, 1.54) is 23.0 Å². The summed E-state index contributed by atoms with van der Waals surface area (Å²) in [6.45, 7) is 0. The van der Waals surface area contributed by atoms with E-state index in [9.17, 15) is 18.0 Å². The van der Waals surface area contributed by atoms with E-state index in [0.29, 0.717) is 0 Å². The van der Waals surface area contributed by atoms with Crippen molar-refractivity contribution >= 4 is 33.2 Å². The summed E-state index contributed by atoms with van der Waals surface area (Å²) in [7, 11) is -2.76. The molecule has 0 bridgehead atoms. The minimum absolute atomic E-state index is 0.00731. The van der Waals surface area contributed by atoms with Gasteiger partial charge in [0.05, 0.1) is 31.4 Å². The summed E-state index contributed by atoms with van der Waals surface area (Å²) in [5.74, 6) is -0.604. The highest BCUT2D eigenvalue weighted by Crippen LogP contribution is 2.18. The van der Waals surface area contributed by atoms with Gasteiger partial charge in [0.1, 0.15) is 0 Å². The number of allylic oxidation sites excluding steroid dienone is 6. The van der Waals surface area contributed by atoms with Crippen LogP contribution in [0.1, 0.15) is 12.8 Å². The number of hydrogen-bond acceptors (Lipinski definition) is 4. The Balaban J connectivity index is 1.89. The quantitative estimate of drug-likeness (QED) is 0.760. The molecule has 4 nitrogen and oxygen atoms in total. The van der Waals surface area contributed by atoms with Gasteiger partial charge in [0, 0.05) is 23.7 Å². The third-order valence-electron chi connectivity index (χ3n) is 2.46. The van der Waals surface area contributed by atoms with Gasteiger partial charge in [-0.15, -0.1) is 0 Å². The number of Topliss-reactive ketones (excluding diaryl/α,β-unsaturated/α-hetero) is 2. The maximum Gasteiger partial charge on any atom is 0.172 e. The van der Waals surface area contributed by atoms with Crippen molar-refractivity contribution in [3.8, 4) is 0 Å². The van der Waals surface area contributed by atoms with Crippen LogP contribution in [0.4, 0.5) is 0 Å². The van der Waals surface area contributed by atoms with Crippen LogP contribution in [0.2, 0.25) is 0 Å². The van der Waals surface area contributed by atoms with Gasteiger partial charge in [0.2, 0.25) is 0 Å². The Morgan fingerprint density at radius 2 is 1.22 bits per heavy atom. The number of ketones is 2. The Morgan fingerprint density at radius 1 is 0.833 bits per heavy atom. The van der Waals surface area contributed by atoms with Crippen molar-refractivity contribution < 1.29 is 18.0 Å². The summed E-state index contributed by atoms with van der Waals surface area (Å²) in [6, 6.07) is 0. The van der Waals surface area contributed by atoms with E-state index in [2.05, 4.69) is 0 Å². The molecule has 0 radical (unpaired) electrons. The molecule has 2 aliphatic rings. The smallest absolute Gasteiger partial charge is 0.172 e. The molecule has 18 heavy (non-hydrogen) atoms. The number of carbonyl (C=O) groups excluding carboxylic acids is 2. The van der Waals surface area contributed by atoms with Crippen LogP contribution < -0.4 is 0 Å². The van der Waals surface area contributed by atoms with Gasteiger partial charge in [-0.2, -0.15) is 0 Å². The van der Waals surface area contributed by atoms with Crippen LogP contribution in [0.5, 0.6) is 0 Å². The summed E-state index contributed by atoms with van der Waals surface area (Å²) in [5.41, 5.74) is 0. The van der Waals surface area contributed by atoms with E-state index in [1.54, 1.807) is 12.2 Å². The van der Waals surface area contributed by atoms with Gasteiger partial charge in [-0.1, -0.05) is 12.2 Å². The summed E-state index contributed by atoms with van der Waals surface area (Å²) < 4.78 is 22.7. The van der Waals surface area contributed by atoms with E-state index >= 15 is 0 Å². The van der Waals surface area contributed by atoms with Crippen LogP contribution in [0.15, 0.2) is 44.9 Å². The van der Waals surface area contributed by atoms with Gasteiger partial charge in [0.25, 0.3) is 0 Å². The zero-order valence-electron chi connectivity index (χ0n) is 9.33. The molecule has 2 unspecified atom stereocenters. The van der Waals surface area contributed by atoms with Crippen molar-refractivity contribution in [1.29, 1.82) is 0 Å². The standard InChI is InChI=1S/C12H10O4S2/c13-9(11-3-1-7-17(11)15)5-6-10(14)12-4-2-8-18(12)16/h1-4,7-8H,5-6H2. The SMILES string of the molecule is O=C(CCC(=O)C1=CC=CS1=O)C1=CC=CS1=O. The second kappa shape index (κ2) is 5.49. The van der Waals surface area contributed by atoms with Gasteiger partial charge in [0.15, 0.2) is 11.6 Å². The molecule has 0 saturated heterocycles. The molecule has 2 heterocycles. The fraction of sp³-hybridized carbons (Fsp3) is 0.167. The highest BCUT2D eigenvalue weighted by molar-refractivity contribution is 7.93. The molecule has 0 N–H and O–H groups in total. The first-order valence-corrected chi connectivity index (χ1v) is 7.66. The van der Waals surface area contributed by atoms with Crippen molar-refractivity contribution in [2.75, 3.05) is 0 Å². The zero-order chi connectivity index (χ0) is 13.1. The molecule has 2 aliphatic heterocycles. The van der Waals surface area contributed by atoms with E-state index < -0.39 is 21.6 Å². The van der Waals surface area contributed by atoms with Crippen LogP contribution >= 0.6 is 0 Å². The molecule has 0 fully saturated rings. The summed E-state index contributed by atoms with van der Waals surface area (Å²) in [5, 5.41) is 2.85. The van der Waals surface area contributed by atoms with Crippen molar-refractivity contribution in [2.45, 2.75) is 12.8 Å². The molecule has 94 valence electrons. The maximum absolute atomic E-state index is 11.7. The highest BCUT2D eigenvalue weighted by atomic mass is 32.2. The minimum Gasteiger partial charge on any atom is -0.293 e. The third kappa shape index (κ3) is 2.70. The van der Waals surface area contributed by atoms with Crippen molar-refractivity contribution in [3.63, 3.8) is 0 Å². The van der Waals surface area contributed by atoms with Crippen LogP contribution in [-0.4, -0.2) is 20.0 Å². The lowest BCUT2D eigenvalue weighted by Gasteiger charge is -2.01. The molecule has 2 atom stereocenters. The molecule has 0 spiro atoms. The molecular formula is C12H10O4S2. The predicted octanol–water partition coefficient (Wildman–Crippen LogP) is 1.22. The number of rotatable bonds is 5. The normalized spacial score (nSPS) is 25.1. The van der Waals surface area contributed by atoms with Crippen molar-refractivity contribution in [3.05, 3.63) is 44.9 Å². The first-order chi connectivity index (χ1) is 8.59. The molecule has 6 heteroatoms. The summed E-state index contributed by atoms with van der Waals surface area (Å²) in [4.78, 5) is 23.8. The van der Waals surface area contributed by atoms with Crippen LogP contribution in [0.3, 0.4) is 0 Å². The van der Waals surface area contributed by atoms with Crippen molar-refractivity contribution in [1.82, 2.24) is 0 Å².